The van der Waals surface area contributed by atoms with Crippen LogP contribution in [0.4, 0.5) is 5.69 Å². The largest absolute Gasteiger partial charge is 0.444 e. The van der Waals surface area contributed by atoms with Gasteiger partial charge in [-0.05, 0) is 42.5 Å². The summed E-state index contributed by atoms with van der Waals surface area (Å²) < 4.78 is 5.26. The van der Waals surface area contributed by atoms with Crippen LogP contribution in [0, 0.1) is 23.7 Å². The van der Waals surface area contributed by atoms with Crippen molar-refractivity contribution in [2.45, 2.75) is 6.42 Å². The summed E-state index contributed by atoms with van der Waals surface area (Å²) in [4.78, 5) is 30.7. The fraction of sp³-hybridized carbons (Fsp3) is 0.278. The van der Waals surface area contributed by atoms with Crippen LogP contribution < -0.4 is 4.90 Å². The van der Waals surface area contributed by atoms with Crippen LogP contribution in [0.2, 0.25) is 0 Å². The van der Waals surface area contributed by atoms with Gasteiger partial charge in [-0.1, -0.05) is 12.2 Å². The lowest BCUT2D eigenvalue weighted by molar-refractivity contribution is -0.123. The van der Waals surface area contributed by atoms with Crippen molar-refractivity contribution in [2.75, 3.05) is 4.90 Å². The van der Waals surface area contributed by atoms with E-state index in [1.807, 2.05) is 12.1 Å². The van der Waals surface area contributed by atoms with Gasteiger partial charge < -0.3 is 4.42 Å². The highest BCUT2D eigenvalue weighted by molar-refractivity contribution is 6.22. The average Bonchev–Trinajstić information content (AvgIpc) is 3.33. The number of aromatic nitrogens is 1. The van der Waals surface area contributed by atoms with Gasteiger partial charge in [0, 0.05) is 5.56 Å². The summed E-state index contributed by atoms with van der Waals surface area (Å²) >= 11 is 0. The van der Waals surface area contributed by atoms with Crippen LogP contribution in [0.3, 0.4) is 0 Å². The first-order valence-electron chi connectivity index (χ1n) is 7.79. The van der Waals surface area contributed by atoms with E-state index in [1.165, 1.54) is 11.3 Å². The van der Waals surface area contributed by atoms with E-state index in [4.69, 9.17) is 4.42 Å². The number of benzene rings is 1. The van der Waals surface area contributed by atoms with E-state index in [9.17, 15) is 9.59 Å². The highest BCUT2D eigenvalue weighted by atomic mass is 16.3. The Morgan fingerprint density at radius 1 is 1.00 bits per heavy atom. The smallest absolute Gasteiger partial charge is 0.238 e. The summed E-state index contributed by atoms with van der Waals surface area (Å²) in [6, 6.07) is 7.28. The van der Waals surface area contributed by atoms with E-state index in [-0.39, 0.29) is 35.5 Å². The van der Waals surface area contributed by atoms with Crippen molar-refractivity contribution < 1.29 is 14.0 Å². The second-order valence-corrected chi connectivity index (χ2v) is 6.42. The Morgan fingerprint density at radius 3 is 2.22 bits per heavy atom. The Morgan fingerprint density at radius 2 is 1.65 bits per heavy atom. The molecule has 2 amide bonds. The molecule has 1 saturated carbocycles. The number of imide groups is 1. The number of amides is 2. The zero-order chi connectivity index (χ0) is 15.6. The third-order valence-electron chi connectivity index (χ3n) is 5.31. The van der Waals surface area contributed by atoms with Crippen molar-refractivity contribution in [1.82, 2.24) is 4.98 Å². The van der Waals surface area contributed by atoms with Gasteiger partial charge in [0.05, 0.1) is 23.7 Å². The molecule has 23 heavy (non-hydrogen) atoms. The van der Waals surface area contributed by atoms with E-state index >= 15 is 0 Å². The first kappa shape index (κ1) is 12.8. The van der Waals surface area contributed by atoms with Crippen molar-refractivity contribution >= 4 is 17.5 Å². The minimum absolute atomic E-state index is 0.0516. The number of anilines is 1. The Kier molecular flexibility index (Phi) is 2.46. The Balaban J connectivity index is 1.49. The molecular formula is C18H14N2O3. The molecule has 2 bridgehead atoms. The summed E-state index contributed by atoms with van der Waals surface area (Å²) in [5.74, 6) is 0.709. The lowest BCUT2D eigenvalue weighted by Gasteiger charge is -2.17. The molecule has 2 aromatic rings. The van der Waals surface area contributed by atoms with Gasteiger partial charge in [-0.15, -0.1) is 0 Å². The van der Waals surface area contributed by atoms with Crippen LogP contribution >= 0.6 is 0 Å². The molecule has 1 aromatic carbocycles. The van der Waals surface area contributed by atoms with E-state index in [0.29, 0.717) is 11.4 Å². The van der Waals surface area contributed by atoms with Gasteiger partial charge in [0.1, 0.15) is 0 Å². The van der Waals surface area contributed by atoms with E-state index in [0.717, 1.165) is 12.0 Å². The number of nitrogens with zero attached hydrogens (tertiary/aromatic N) is 2. The fourth-order valence-electron chi connectivity index (χ4n) is 4.29. The number of rotatable bonds is 2. The molecular weight excluding hydrogens is 292 g/mol. The van der Waals surface area contributed by atoms with Crippen LogP contribution in [-0.4, -0.2) is 16.8 Å². The molecule has 5 rings (SSSR count). The molecule has 5 nitrogen and oxygen atoms in total. The van der Waals surface area contributed by atoms with Gasteiger partial charge in [0.25, 0.3) is 0 Å². The van der Waals surface area contributed by atoms with Crippen molar-refractivity contribution in [2.24, 2.45) is 23.7 Å². The maximum atomic E-state index is 12.7. The van der Waals surface area contributed by atoms with Gasteiger partial charge in [0.15, 0.2) is 12.2 Å². The van der Waals surface area contributed by atoms with Gasteiger partial charge in [-0.25, -0.2) is 4.98 Å². The molecule has 114 valence electrons. The number of carbonyl (C=O) groups is 2. The number of fused-ring (bicyclic) bond motifs is 5. The number of carbonyl (C=O) groups excluding carboxylic acids is 2. The first-order chi connectivity index (χ1) is 11.2. The van der Waals surface area contributed by atoms with Crippen LogP contribution in [0.1, 0.15) is 6.42 Å². The van der Waals surface area contributed by atoms with E-state index < -0.39 is 0 Å². The molecule has 3 aliphatic rings. The lowest BCUT2D eigenvalue weighted by atomic mass is 9.85. The second kappa shape index (κ2) is 4.41. The van der Waals surface area contributed by atoms with Crippen LogP contribution in [-0.2, 0) is 9.59 Å². The highest BCUT2D eigenvalue weighted by Crippen LogP contribution is 2.53. The molecule has 2 fully saturated rings. The Labute approximate surface area is 132 Å². The first-order valence-corrected chi connectivity index (χ1v) is 7.79. The molecule has 2 heterocycles. The van der Waals surface area contributed by atoms with Crippen molar-refractivity contribution in [3.63, 3.8) is 0 Å². The van der Waals surface area contributed by atoms with Crippen molar-refractivity contribution in [3.8, 4) is 11.3 Å². The fourth-order valence-corrected chi connectivity index (χ4v) is 4.29. The highest BCUT2D eigenvalue weighted by Gasteiger charge is 2.59. The number of hydrogen-bond acceptors (Lipinski definition) is 4. The van der Waals surface area contributed by atoms with Crippen LogP contribution in [0.15, 0.2) is 53.4 Å². The maximum Gasteiger partial charge on any atom is 0.238 e. The minimum atomic E-state index is -0.161. The van der Waals surface area contributed by atoms with E-state index in [1.54, 1.807) is 18.3 Å². The molecule has 1 aromatic heterocycles. The zero-order valence-corrected chi connectivity index (χ0v) is 12.3. The van der Waals surface area contributed by atoms with E-state index in [2.05, 4.69) is 17.1 Å². The molecule has 0 spiro atoms. The molecule has 5 heteroatoms. The van der Waals surface area contributed by atoms with Crippen molar-refractivity contribution in [1.29, 1.82) is 0 Å². The van der Waals surface area contributed by atoms with Gasteiger partial charge in [-0.3, -0.25) is 14.5 Å². The Hall–Kier alpha value is -2.69. The number of allylic oxidation sites excluding steroid dienone is 2. The molecule has 2 aliphatic carbocycles. The molecule has 1 aliphatic heterocycles. The zero-order valence-electron chi connectivity index (χ0n) is 12.3. The molecule has 4 atom stereocenters. The van der Waals surface area contributed by atoms with Crippen LogP contribution in [0.25, 0.3) is 11.3 Å². The molecule has 0 N–H and O–H groups in total. The maximum absolute atomic E-state index is 12.7. The van der Waals surface area contributed by atoms with Crippen LogP contribution in [0.5, 0.6) is 0 Å². The number of hydrogen-bond donors (Lipinski definition) is 0. The average molecular weight is 306 g/mol. The summed E-state index contributed by atoms with van der Waals surface area (Å²) in [6.07, 6.45) is 8.17. The third-order valence-corrected chi connectivity index (χ3v) is 5.31. The van der Waals surface area contributed by atoms with Crippen molar-refractivity contribution in [3.05, 3.63) is 49.0 Å². The predicted octanol–water partition coefficient (Wildman–Crippen LogP) is 2.65. The predicted molar refractivity (Wildman–Crippen MR) is 82.1 cm³/mol. The third kappa shape index (κ3) is 1.64. The van der Waals surface area contributed by atoms with Gasteiger partial charge >= 0.3 is 0 Å². The number of oxazole rings is 1. The quantitative estimate of drug-likeness (QED) is 0.632. The normalized spacial score (nSPS) is 31.2. The molecule has 0 radical (unpaired) electrons. The van der Waals surface area contributed by atoms with Gasteiger partial charge in [-0.2, -0.15) is 0 Å². The standard InChI is InChI=1S/C18H14N2O3/c21-17-15-11-1-2-12(7-11)16(15)18(22)20(17)13-5-3-10(4-6-13)14-8-19-9-23-14/h1-6,8-9,11-12,15-16H,7H2/t11-,12-,15-,16-/m0/s1. The summed E-state index contributed by atoms with van der Waals surface area (Å²) in [5.41, 5.74) is 1.50. The molecule has 1 saturated heterocycles. The molecule has 0 unspecified atom stereocenters. The minimum Gasteiger partial charge on any atom is -0.444 e. The SMILES string of the molecule is O=C1[C@@H]2[C@@H](C(=O)N1c1ccc(-c3cnco3)cc1)[C@H]1C=C[C@H]2C1. The summed E-state index contributed by atoms with van der Waals surface area (Å²) in [5, 5.41) is 0. The summed E-state index contributed by atoms with van der Waals surface area (Å²) in [7, 11) is 0. The summed E-state index contributed by atoms with van der Waals surface area (Å²) in [6.45, 7) is 0. The second-order valence-electron chi connectivity index (χ2n) is 6.42. The Bertz CT molecular complexity index is 792. The van der Waals surface area contributed by atoms with Gasteiger partial charge in [0.2, 0.25) is 11.8 Å². The topological polar surface area (TPSA) is 63.4 Å². The monoisotopic (exact) mass is 306 g/mol. The lowest BCUT2D eigenvalue weighted by Crippen LogP contribution is -2.32.